The molecule has 18 heavy (non-hydrogen) atoms. The Morgan fingerprint density at radius 2 is 1.89 bits per heavy atom. The standard InChI is InChI=1S/C14H15F2NO/c1-3-12-9(7-8-18-12)14(17-2)13-10(15)5-4-6-11(13)16/h4-8,14,17H,3H2,1-2H3. The first kappa shape index (κ1) is 12.8. The SMILES string of the molecule is CCc1occc1C(NC)c1c(F)cccc1F. The van der Waals surface area contributed by atoms with Crippen LogP contribution in [0.5, 0.6) is 0 Å². The second-order valence-corrected chi connectivity index (χ2v) is 4.01. The summed E-state index contributed by atoms with van der Waals surface area (Å²) in [4.78, 5) is 0. The number of rotatable bonds is 4. The Kier molecular flexibility index (Phi) is 3.77. The second-order valence-electron chi connectivity index (χ2n) is 4.01. The maximum Gasteiger partial charge on any atom is 0.131 e. The van der Waals surface area contributed by atoms with Crippen molar-refractivity contribution in [3.05, 3.63) is 59.1 Å². The van der Waals surface area contributed by atoms with Crippen LogP contribution in [0.2, 0.25) is 0 Å². The monoisotopic (exact) mass is 251 g/mol. The lowest BCUT2D eigenvalue weighted by atomic mass is 9.97. The molecule has 0 amide bonds. The van der Waals surface area contributed by atoms with E-state index in [1.54, 1.807) is 13.1 Å². The fourth-order valence-corrected chi connectivity index (χ4v) is 2.14. The Morgan fingerprint density at radius 1 is 1.22 bits per heavy atom. The molecule has 2 rings (SSSR count). The van der Waals surface area contributed by atoms with E-state index in [0.29, 0.717) is 6.42 Å². The van der Waals surface area contributed by atoms with Crippen molar-refractivity contribution in [2.75, 3.05) is 7.05 Å². The first-order valence-electron chi connectivity index (χ1n) is 5.86. The quantitative estimate of drug-likeness (QED) is 0.900. The van der Waals surface area contributed by atoms with Gasteiger partial charge in [-0.25, -0.2) is 8.78 Å². The van der Waals surface area contributed by atoms with Crippen molar-refractivity contribution < 1.29 is 13.2 Å². The van der Waals surface area contributed by atoms with Gasteiger partial charge >= 0.3 is 0 Å². The number of benzene rings is 1. The summed E-state index contributed by atoms with van der Waals surface area (Å²) in [6.45, 7) is 1.94. The number of nitrogens with one attached hydrogen (secondary N) is 1. The van der Waals surface area contributed by atoms with E-state index >= 15 is 0 Å². The summed E-state index contributed by atoms with van der Waals surface area (Å²) in [5, 5.41) is 2.94. The van der Waals surface area contributed by atoms with Crippen molar-refractivity contribution in [2.24, 2.45) is 0 Å². The van der Waals surface area contributed by atoms with Crippen LogP contribution < -0.4 is 5.32 Å². The van der Waals surface area contributed by atoms with Crippen molar-refractivity contribution in [3.8, 4) is 0 Å². The predicted molar refractivity (Wildman–Crippen MR) is 65.3 cm³/mol. The number of halogens is 2. The van der Waals surface area contributed by atoms with Crippen molar-refractivity contribution in [1.29, 1.82) is 0 Å². The van der Waals surface area contributed by atoms with Gasteiger partial charge in [0, 0.05) is 17.5 Å². The average molecular weight is 251 g/mol. The molecule has 4 heteroatoms. The van der Waals surface area contributed by atoms with Crippen LogP contribution in [0.4, 0.5) is 8.78 Å². The molecule has 1 aromatic heterocycles. The largest absolute Gasteiger partial charge is 0.469 e. The van der Waals surface area contributed by atoms with Gasteiger partial charge in [0.25, 0.3) is 0 Å². The molecule has 0 aliphatic carbocycles. The molecule has 0 aliphatic heterocycles. The minimum atomic E-state index is -0.558. The van der Waals surface area contributed by atoms with Crippen LogP contribution in [0.3, 0.4) is 0 Å². The highest BCUT2D eigenvalue weighted by atomic mass is 19.1. The molecule has 0 saturated carbocycles. The predicted octanol–water partition coefficient (Wildman–Crippen LogP) is 3.43. The third-order valence-electron chi connectivity index (χ3n) is 2.99. The molecule has 1 unspecified atom stereocenters. The molecule has 2 nitrogen and oxygen atoms in total. The molecule has 0 spiro atoms. The van der Waals surface area contributed by atoms with E-state index in [1.165, 1.54) is 24.5 Å². The topological polar surface area (TPSA) is 25.2 Å². The van der Waals surface area contributed by atoms with E-state index in [9.17, 15) is 8.78 Å². The van der Waals surface area contributed by atoms with Crippen molar-refractivity contribution in [1.82, 2.24) is 5.32 Å². The second kappa shape index (κ2) is 5.31. The van der Waals surface area contributed by atoms with E-state index in [1.807, 2.05) is 6.92 Å². The van der Waals surface area contributed by atoms with Gasteiger partial charge in [-0.2, -0.15) is 0 Å². The number of aryl methyl sites for hydroxylation is 1. The Bertz CT molecular complexity index is 516. The van der Waals surface area contributed by atoms with Gasteiger partial charge in [0.15, 0.2) is 0 Å². The third kappa shape index (κ3) is 2.16. The van der Waals surface area contributed by atoms with Gasteiger partial charge in [-0.15, -0.1) is 0 Å². The molecule has 0 radical (unpaired) electrons. The van der Waals surface area contributed by atoms with E-state index in [4.69, 9.17) is 4.42 Å². The highest BCUT2D eigenvalue weighted by molar-refractivity contribution is 5.35. The van der Waals surface area contributed by atoms with Crippen molar-refractivity contribution in [2.45, 2.75) is 19.4 Å². The van der Waals surface area contributed by atoms with Crippen LogP contribution in [0, 0.1) is 11.6 Å². The van der Waals surface area contributed by atoms with E-state index in [0.717, 1.165) is 11.3 Å². The summed E-state index contributed by atoms with van der Waals surface area (Å²) in [7, 11) is 1.67. The first-order chi connectivity index (χ1) is 8.69. The molecule has 1 heterocycles. The maximum absolute atomic E-state index is 13.8. The first-order valence-corrected chi connectivity index (χ1v) is 5.86. The van der Waals surface area contributed by atoms with Crippen LogP contribution in [-0.2, 0) is 6.42 Å². The van der Waals surface area contributed by atoms with Gasteiger partial charge in [0.1, 0.15) is 17.4 Å². The Hall–Kier alpha value is -1.68. The summed E-state index contributed by atoms with van der Waals surface area (Å²) in [6, 6.07) is 5.08. The van der Waals surface area contributed by atoms with E-state index < -0.39 is 17.7 Å². The molecular weight excluding hydrogens is 236 g/mol. The Labute approximate surface area is 105 Å². The lowest BCUT2D eigenvalue weighted by Crippen LogP contribution is -2.21. The van der Waals surface area contributed by atoms with Crippen LogP contribution in [0.25, 0.3) is 0 Å². The molecule has 0 saturated heterocycles. The van der Waals surface area contributed by atoms with Crippen LogP contribution in [-0.4, -0.2) is 7.05 Å². The molecule has 0 aliphatic rings. The third-order valence-corrected chi connectivity index (χ3v) is 2.99. The smallest absolute Gasteiger partial charge is 0.131 e. The summed E-state index contributed by atoms with van der Waals surface area (Å²) in [6.07, 6.45) is 2.22. The summed E-state index contributed by atoms with van der Waals surface area (Å²) in [5.74, 6) is -0.382. The van der Waals surface area contributed by atoms with Gasteiger partial charge in [0.05, 0.1) is 12.3 Å². The van der Waals surface area contributed by atoms with Crippen LogP contribution in [0.15, 0.2) is 34.9 Å². The summed E-state index contributed by atoms with van der Waals surface area (Å²) < 4.78 is 32.9. The minimum absolute atomic E-state index is 0.0242. The molecular formula is C14H15F2NO. The summed E-state index contributed by atoms with van der Waals surface area (Å²) >= 11 is 0. The number of furan rings is 1. The molecule has 1 aromatic carbocycles. The molecule has 96 valence electrons. The van der Waals surface area contributed by atoms with E-state index in [-0.39, 0.29) is 5.56 Å². The zero-order valence-corrected chi connectivity index (χ0v) is 10.3. The molecule has 1 N–H and O–H groups in total. The van der Waals surface area contributed by atoms with Gasteiger partial charge in [-0.3, -0.25) is 0 Å². The van der Waals surface area contributed by atoms with Crippen LogP contribution in [0.1, 0.15) is 29.9 Å². The highest BCUT2D eigenvalue weighted by Gasteiger charge is 2.23. The number of hydrogen-bond donors (Lipinski definition) is 1. The zero-order chi connectivity index (χ0) is 13.1. The molecule has 0 bridgehead atoms. The van der Waals surface area contributed by atoms with Gasteiger partial charge < -0.3 is 9.73 Å². The zero-order valence-electron chi connectivity index (χ0n) is 10.3. The van der Waals surface area contributed by atoms with Gasteiger partial charge in [-0.1, -0.05) is 13.0 Å². The van der Waals surface area contributed by atoms with E-state index in [2.05, 4.69) is 5.32 Å². The average Bonchev–Trinajstić information content (AvgIpc) is 2.82. The van der Waals surface area contributed by atoms with Crippen molar-refractivity contribution in [3.63, 3.8) is 0 Å². The Morgan fingerprint density at radius 3 is 2.44 bits per heavy atom. The lowest BCUT2D eigenvalue weighted by molar-refractivity contribution is 0.491. The summed E-state index contributed by atoms with van der Waals surface area (Å²) in [5.41, 5.74) is 0.792. The van der Waals surface area contributed by atoms with Crippen LogP contribution >= 0.6 is 0 Å². The van der Waals surface area contributed by atoms with Crippen molar-refractivity contribution >= 4 is 0 Å². The van der Waals surface area contributed by atoms with Gasteiger partial charge in [0.2, 0.25) is 0 Å². The van der Waals surface area contributed by atoms with Gasteiger partial charge in [-0.05, 0) is 25.2 Å². The normalized spacial score (nSPS) is 12.7. The Balaban J connectivity index is 2.52. The maximum atomic E-state index is 13.8. The number of hydrogen-bond acceptors (Lipinski definition) is 2. The molecule has 1 atom stereocenters. The molecule has 0 fully saturated rings. The lowest BCUT2D eigenvalue weighted by Gasteiger charge is -2.18. The fraction of sp³-hybridized carbons (Fsp3) is 0.286. The minimum Gasteiger partial charge on any atom is -0.469 e. The highest BCUT2D eigenvalue weighted by Crippen LogP contribution is 2.29. The molecule has 2 aromatic rings. The fourth-order valence-electron chi connectivity index (χ4n) is 2.14.